The molecule has 0 atom stereocenters. The molecule has 2 aromatic rings. The van der Waals surface area contributed by atoms with Crippen LogP contribution in [0, 0.1) is 6.92 Å². The molecule has 1 aromatic heterocycles. The van der Waals surface area contributed by atoms with Crippen LogP contribution in [0.1, 0.15) is 12.1 Å². The first-order valence-electron chi connectivity index (χ1n) is 7.50. The van der Waals surface area contributed by atoms with Gasteiger partial charge in [0, 0.05) is 25.4 Å². The van der Waals surface area contributed by atoms with Crippen molar-refractivity contribution >= 4 is 38.9 Å². The second kappa shape index (κ2) is 8.89. The minimum Gasteiger partial charge on any atom is -0.497 e. The summed E-state index contributed by atoms with van der Waals surface area (Å²) in [5.74, 6) is 1.41. The third-order valence-corrected chi connectivity index (χ3v) is 4.42. The summed E-state index contributed by atoms with van der Waals surface area (Å²) in [5, 5.41) is 11.3. The molecule has 0 unspecified atom stereocenters. The fraction of sp³-hybridized carbons (Fsp3) is 0.375. The highest BCUT2D eigenvalue weighted by Gasteiger charge is 2.07. The van der Waals surface area contributed by atoms with E-state index < -0.39 is 0 Å². The third kappa shape index (κ3) is 5.10. The third-order valence-electron chi connectivity index (χ3n) is 3.39. The van der Waals surface area contributed by atoms with E-state index in [1.165, 1.54) is 0 Å². The molecule has 0 radical (unpaired) electrons. The molecule has 6 nitrogen and oxygen atoms in total. The van der Waals surface area contributed by atoms with Gasteiger partial charge in [-0.3, -0.25) is 4.68 Å². The number of thiocarbonyl (C=S) groups is 1. The lowest BCUT2D eigenvalue weighted by Crippen LogP contribution is -2.30. The lowest BCUT2D eigenvalue weighted by atomic mass is 10.2. The van der Waals surface area contributed by atoms with Crippen LogP contribution in [0.15, 0.2) is 28.9 Å². The SMILES string of the molecule is COc1ccc(NC(=S)NCCCn2cc(Br)c(C)n2)c(OC)c1. The number of anilines is 1. The molecule has 130 valence electrons. The number of methoxy groups -OCH3 is 2. The molecule has 0 saturated heterocycles. The Bertz CT molecular complexity index is 686. The fourth-order valence-corrected chi connectivity index (χ4v) is 2.65. The number of hydrogen-bond donors (Lipinski definition) is 2. The summed E-state index contributed by atoms with van der Waals surface area (Å²) in [5.41, 5.74) is 1.79. The number of aromatic nitrogens is 2. The van der Waals surface area contributed by atoms with Crippen LogP contribution in [0.4, 0.5) is 5.69 Å². The fourth-order valence-electron chi connectivity index (χ4n) is 2.12. The van der Waals surface area contributed by atoms with E-state index in [2.05, 4.69) is 31.7 Å². The van der Waals surface area contributed by atoms with Crippen molar-refractivity contribution in [2.24, 2.45) is 0 Å². The largest absolute Gasteiger partial charge is 0.497 e. The highest BCUT2D eigenvalue weighted by Crippen LogP contribution is 2.28. The maximum absolute atomic E-state index is 5.34. The molecule has 8 heteroatoms. The number of rotatable bonds is 7. The van der Waals surface area contributed by atoms with Gasteiger partial charge in [0.1, 0.15) is 11.5 Å². The molecule has 0 spiro atoms. The Balaban J connectivity index is 1.79. The molecule has 0 aliphatic carbocycles. The van der Waals surface area contributed by atoms with Gasteiger partial charge >= 0.3 is 0 Å². The van der Waals surface area contributed by atoms with E-state index in [0.29, 0.717) is 10.9 Å². The van der Waals surface area contributed by atoms with Crippen molar-refractivity contribution in [1.29, 1.82) is 0 Å². The smallest absolute Gasteiger partial charge is 0.170 e. The first kappa shape index (κ1) is 18.5. The molecular weight excluding hydrogens is 392 g/mol. The summed E-state index contributed by atoms with van der Waals surface area (Å²) in [6.07, 6.45) is 2.89. The second-order valence-corrected chi connectivity index (χ2v) is 6.39. The summed E-state index contributed by atoms with van der Waals surface area (Å²) in [6, 6.07) is 5.53. The van der Waals surface area contributed by atoms with Crippen molar-refractivity contribution < 1.29 is 9.47 Å². The van der Waals surface area contributed by atoms with Crippen molar-refractivity contribution in [3.8, 4) is 11.5 Å². The summed E-state index contributed by atoms with van der Waals surface area (Å²) in [4.78, 5) is 0. The Kier molecular flexibility index (Phi) is 6.86. The average Bonchev–Trinajstić information content (AvgIpc) is 2.90. The first-order chi connectivity index (χ1) is 11.5. The van der Waals surface area contributed by atoms with Crippen LogP contribution in [0.5, 0.6) is 11.5 Å². The van der Waals surface area contributed by atoms with Crippen molar-refractivity contribution in [1.82, 2.24) is 15.1 Å². The predicted molar refractivity (Wildman–Crippen MR) is 103 cm³/mol. The Morgan fingerprint density at radius 2 is 2.12 bits per heavy atom. The molecule has 0 saturated carbocycles. The molecule has 0 fully saturated rings. The van der Waals surface area contributed by atoms with Crippen molar-refractivity contribution in [2.45, 2.75) is 19.9 Å². The number of halogens is 1. The van der Waals surface area contributed by atoms with E-state index in [0.717, 1.165) is 41.1 Å². The van der Waals surface area contributed by atoms with E-state index in [1.54, 1.807) is 14.2 Å². The number of ether oxygens (including phenoxy) is 2. The standard InChI is InChI=1S/C16H21BrN4O2S/c1-11-13(17)10-21(20-11)8-4-7-18-16(24)19-14-6-5-12(22-2)9-15(14)23-3/h5-6,9-10H,4,7-8H2,1-3H3,(H2,18,19,24). The van der Waals surface area contributed by atoms with Crippen LogP contribution in [0.2, 0.25) is 0 Å². The normalized spacial score (nSPS) is 10.3. The van der Waals surface area contributed by atoms with Gasteiger partial charge < -0.3 is 20.1 Å². The van der Waals surface area contributed by atoms with Gasteiger partial charge in [-0.05, 0) is 53.6 Å². The van der Waals surface area contributed by atoms with Gasteiger partial charge in [-0.1, -0.05) is 0 Å². The molecule has 0 aliphatic rings. The number of benzene rings is 1. The lowest BCUT2D eigenvalue weighted by molar-refractivity contribution is 0.395. The molecule has 0 aliphatic heterocycles. The van der Waals surface area contributed by atoms with E-state index in [9.17, 15) is 0 Å². The number of aryl methyl sites for hydroxylation is 2. The van der Waals surface area contributed by atoms with Crippen molar-refractivity contribution in [2.75, 3.05) is 26.1 Å². The highest BCUT2D eigenvalue weighted by molar-refractivity contribution is 9.10. The Morgan fingerprint density at radius 1 is 1.33 bits per heavy atom. The first-order valence-corrected chi connectivity index (χ1v) is 8.70. The maximum atomic E-state index is 5.34. The zero-order valence-corrected chi connectivity index (χ0v) is 16.3. The number of nitrogens with one attached hydrogen (secondary N) is 2. The van der Waals surface area contributed by atoms with Gasteiger partial charge in [-0.25, -0.2) is 0 Å². The molecule has 0 bridgehead atoms. The van der Waals surface area contributed by atoms with Gasteiger partial charge in [0.05, 0.1) is 30.1 Å². The van der Waals surface area contributed by atoms with Crippen LogP contribution in [0.25, 0.3) is 0 Å². The predicted octanol–water partition coefficient (Wildman–Crippen LogP) is 3.35. The quantitative estimate of drug-likeness (QED) is 0.537. The van der Waals surface area contributed by atoms with Crippen LogP contribution >= 0.6 is 28.1 Å². The average molecular weight is 413 g/mol. The molecule has 0 amide bonds. The topological polar surface area (TPSA) is 60.3 Å². The molecular formula is C16H21BrN4O2S. The molecule has 2 N–H and O–H groups in total. The highest BCUT2D eigenvalue weighted by atomic mass is 79.9. The zero-order chi connectivity index (χ0) is 17.5. The van der Waals surface area contributed by atoms with Crippen LogP contribution < -0.4 is 20.1 Å². The Labute approximate surface area is 155 Å². The van der Waals surface area contributed by atoms with E-state index >= 15 is 0 Å². The molecule has 2 rings (SSSR count). The van der Waals surface area contributed by atoms with E-state index in [-0.39, 0.29) is 0 Å². The Morgan fingerprint density at radius 3 is 2.75 bits per heavy atom. The Hall–Kier alpha value is -1.80. The maximum Gasteiger partial charge on any atom is 0.170 e. The van der Waals surface area contributed by atoms with Crippen LogP contribution in [-0.2, 0) is 6.54 Å². The number of hydrogen-bond acceptors (Lipinski definition) is 4. The van der Waals surface area contributed by atoms with Gasteiger partial charge in [-0.2, -0.15) is 5.10 Å². The van der Waals surface area contributed by atoms with E-state index in [1.807, 2.05) is 36.0 Å². The van der Waals surface area contributed by atoms with Crippen LogP contribution in [0.3, 0.4) is 0 Å². The minimum absolute atomic E-state index is 0.552. The van der Waals surface area contributed by atoms with E-state index in [4.69, 9.17) is 21.7 Å². The zero-order valence-electron chi connectivity index (χ0n) is 13.9. The van der Waals surface area contributed by atoms with Crippen molar-refractivity contribution in [3.63, 3.8) is 0 Å². The van der Waals surface area contributed by atoms with Gasteiger partial charge in [0.25, 0.3) is 0 Å². The monoisotopic (exact) mass is 412 g/mol. The van der Waals surface area contributed by atoms with Crippen LogP contribution in [-0.4, -0.2) is 35.7 Å². The van der Waals surface area contributed by atoms with Gasteiger partial charge in [0.15, 0.2) is 5.11 Å². The summed E-state index contributed by atoms with van der Waals surface area (Å²) < 4.78 is 13.5. The van der Waals surface area contributed by atoms with Gasteiger partial charge in [0.2, 0.25) is 0 Å². The molecule has 24 heavy (non-hydrogen) atoms. The molecule has 1 heterocycles. The summed E-state index contributed by atoms with van der Waals surface area (Å²) >= 11 is 8.78. The summed E-state index contributed by atoms with van der Waals surface area (Å²) in [6.45, 7) is 3.55. The number of nitrogens with zero attached hydrogens (tertiary/aromatic N) is 2. The van der Waals surface area contributed by atoms with Gasteiger partial charge in [-0.15, -0.1) is 0 Å². The molecule has 1 aromatic carbocycles. The lowest BCUT2D eigenvalue weighted by Gasteiger charge is -2.14. The summed E-state index contributed by atoms with van der Waals surface area (Å²) in [7, 11) is 3.23. The van der Waals surface area contributed by atoms with Crippen molar-refractivity contribution in [3.05, 3.63) is 34.6 Å². The second-order valence-electron chi connectivity index (χ2n) is 5.13. The minimum atomic E-state index is 0.552.